The molecule has 0 saturated carbocycles. The van der Waals surface area contributed by atoms with E-state index in [1.165, 1.54) is 11.8 Å². The molecule has 3 aromatic carbocycles. The van der Waals surface area contributed by atoms with Gasteiger partial charge >= 0.3 is 0 Å². The van der Waals surface area contributed by atoms with Crippen molar-refractivity contribution in [3.05, 3.63) is 75.3 Å². The van der Waals surface area contributed by atoms with Crippen molar-refractivity contribution in [3.63, 3.8) is 0 Å². The van der Waals surface area contributed by atoms with Crippen molar-refractivity contribution in [2.75, 3.05) is 18.0 Å². The van der Waals surface area contributed by atoms with Gasteiger partial charge in [-0.05, 0) is 48.4 Å². The molecule has 0 atom stereocenters. The van der Waals surface area contributed by atoms with Gasteiger partial charge in [0.1, 0.15) is 10.7 Å². The fourth-order valence-electron chi connectivity index (χ4n) is 4.11. The van der Waals surface area contributed by atoms with Gasteiger partial charge in [0.05, 0.1) is 15.1 Å². The van der Waals surface area contributed by atoms with Gasteiger partial charge in [-0.15, -0.1) is 11.3 Å². The molecular formula is C24H21N3O2S. The fourth-order valence-corrected chi connectivity index (χ4v) is 5.00. The fraction of sp³-hybridized carbons (Fsp3) is 0.208. The van der Waals surface area contributed by atoms with Crippen molar-refractivity contribution in [2.45, 2.75) is 19.3 Å². The first kappa shape index (κ1) is 18.8. The highest BCUT2D eigenvalue weighted by Gasteiger charge is 2.21. The van der Waals surface area contributed by atoms with Crippen molar-refractivity contribution in [3.8, 4) is 0 Å². The summed E-state index contributed by atoms with van der Waals surface area (Å²) >= 11 is 1.63. The SMILES string of the molecule is O=[N+]([O-])c1cc(/C=C/c2nc3c(ccc4ccccc43)s2)ccc1N1CCCCC1. The van der Waals surface area contributed by atoms with Crippen molar-refractivity contribution in [1.29, 1.82) is 0 Å². The molecular weight excluding hydrogens is 394 g/mol. The van der Waals surface area contributed by atoms with Gasteiger partial charge in [0.15, 0.2) is 0 Å². The topological polar surface area (TPSA) is 59.3 Å². The van der Waals surface area contributed by atoms with E-state index in [-0.39, 0.29) is 10.6 Å². The largest absolute Gasteiger partial charge is 0.366 e. The number of thiazole rings is 1. The van der Waals surface area contributed by atoms with Crippen molar-refractivity contribution in [2.24, 2.45) is 0 Å². The van der Waals surface area contributed by atoms with Crippen LogP contribution in [0.3, 0.4) is 0 Å². The van der Waals surface area contributed by atoms with Crippen LogP contribution in [0, 0.1) is 10.1 Å². The molecule has 1 aromatic heterocycles. The standard InChI is InChI=1S/C24H21N3O2S/c28-27(29)21-16-17(8-11-20(21)26-14-4-1-5-15-26)9-13-23-25-24-19-7-3-2-6-18(19)10-12-22(24)30-23/h2-3,6-13,16H,1,4-5,14-15H2/b13-9+. The van der Waals surface area contributed by atoms with Crippen LogP contribution in [-0.4, -0.2) is 23.0 Å². The van der Waals surface area contributed by atoms with Crippen LogP contribution in [0.15, 0.2) is 54.6 Å². The van der Waals surface area contributed by atoms with E-state index in [0.717, 1.165) is 57.8 Å². The van der Waals surface area contributed by atoms with Crippen LogP contribution in [-0.2, 0) is 0 Å². The molecule has 1 fully saturated rings. The Hall–Kier alpha value is -3.25. The third-order valence-corrected chi connectivity index (χ3v) is 6.60. The monoisotopic (exact) mass is 415 g/mol. The van der Waals surface area contributed by atoms with Crippen molar-refractivity contribution in [1.82, 2.24) is 4.98 Å². The molecule has 5 rings (SSSR count). The number of hydrogen-bond donors (Lipinski definition) is 0. The number of nitro benzene ring substituents is 1. The number of piperidine rings is 1. The summed E-state index contributed by atoms with van der Waals surface area (Å²) in [6.45, 7) is 1.77. The molecule has 0 N–H and O–H groups in total. The van der Waals surface area contributed by atoms with E-state index in [4.69, 9.17) is 4.98 Å². The van der Waals surface area contributed by atoms with E-state index in [2.05, 4.69) is 29.2 Å². The zero-order valence-electron chi connectivity index (χ0n) is 16.5. The lowest BCUT2D eigenvalue weighted by atomic mass is 10.1. The molecule has 0 aliphatic carbocycles. The average molecular weight is 416 g/mol. The summed E-state index contributed by atoms with van der Waals surface area (Å²) < 4.78 is 1.14. The van der Waals surface area contributed by atoms with Crippen LogP contribution in [0.4, 0.5) is 11.4 Å². The molecule has 6 heteroatoms. The van der Waals surface area contributed by atoms with Crippen molar-refractivity contribution < 1.29 is 4.92 Å². The number of nitro groups is 1. The Balaban J connectivity index is 1.47. The minimum atomic E-state index is -0.273. The molecule has 0 bridgehead atoms. The lowest BCUT2D eigenvalue weighted by molar-refractivity contribution is -0.384. The molecule has 0 amide bonds. The predicted octanol–water partition coefficient (Wildman–Crippen LogP) is 6.52. The molecule has 1 aliphatic heterocycles. The maximum absolute atomic E-state index is 11.7. The Morgan fingerprint density at radius 2 is 1.83 bits per heavy atom. The zero-order valence-corrected chi connectivity index (χ0v) is 17.3. The van der Waals surface area contributed by atoms with Gasteiger partial charge in [-0.3, -0.25) is 10.1 Å². The molecule has 0 spiro atoms. The molecule has 0 unspecified atom stereocenters. The number of rotatable bonds is 4. The zero-order chi connectivity index (χ0) is 20.5. The third-order valence-electron chi connectivity index (χ3n) is 5.61. The summed E-state index contributed by atoms with van der Waals surface area (Å²) in [6, 6.07) is 18.0. The normalized spacial score (nSPS) is 14.7. The Morgan fingerprint density at radius 3 is 2.67 bits per heavy atom. The summed E-state index contributed by atoms with van der Waals surface area (Å²) in [5, 5.41) is 14.9. The van der Waals surface area contributed by atoms with E-state index in [9.17, 15) is 10.1 Å². The lowest BCUT2D eigenvalue weighted by Crippen LogP contribution is -2.29. The smallest absolute Gasteiger partial charge is 0.293 e. The number of nitrogens with zero attached hydrogens (tertiary/aromatic N) is 3. The molecule has 150 valence electrons. The van der Waals surface area contributed by atoms with E-state index in [1.54, 1.807) is 17.4 Å². The summed E-state index contributed by atoms with van der Waals surface area (Å²) in [7, 11) is 0. The van der Waals surface area contributed by atoms with Gasteiger partial charge in [0, 0.05) is 24.5 Å². The highest BCUT2D eigenvalue weighted by atomic mass is 32.1. The maximum Gasteiger partial charge on any atom is 0.293 e. The summed E-state index contributed by atoms with van der Waals surface area (Å²) in [6.07, 6.45) is 7.23. The molecule has 4 aromatic rings. The molecule has 30 heavy (non-hydrogen) atoms. The second-order valence-electron chi connectivity index (χ2n) is 7.57. The number of hydrogen-bond acceptors (Lipinski definition) is 5. The first-order valence-corrected chi connectivity index (χ1v) is 11.0. The number of fused-ring (bicyclic) bond motifs is 3. The minimum absolute atomic E-state index is 0.175. The Labute approximate surface area is 178 Å². The quantitative estimate of drug-likeness (QED) is 0.281. The molecule has 5 nitrogen and oxygen atoms in total. The summed E-state index contributed by atoms with van der Waals surface area (Å²) in [5.74, 6) is 0. The van der Waals surface area contributed by atoms with Gasteiger partial charge in [-0.1, -0.05) is 42.5 Å². The summed E-state index contributed by atoms with van der Waals surface area (Å²) in [4.78, 5) is 18.3. The summed E-state index contributed by atoms with van der Waals surface area (Å²) in [5.41, 5.74) is 2.72. The second kappa shape index (κ2) is 7.88. The highest BCUT2D eigenvalue weighted by molar-refractivity contribution is 7.19. The molecule has 2 heterocycles. The van der Waals surface area contributed by atoms with Gasteiger partial charge in [0.2, 0.25) is 0 Å². The Bertz CT molecular complexity index is 1270. The van der Waals surface area contributed by atoms with Crippen LogP contribution >= 0.6 is 11.3 Å². The van der Waals surface area contributed by atoms with Crippen molar-refractivity contribution >= 4 is 55.9 Å². The van der Waals surface area contributed by atoms with Gasteiger partial charge in [-0.25, -0.2) is 4.98 Å². The van der Waals surface area contributed by atoms with Crippen LogP contribution in [0.2, 0.25) is 0 Å². The van der Waals surface area contributed by atoms with Crippen LogP contribution < -0.4 is 4.90 Å². The highest BCUT2D eigenvalue weighted by Crippen LogP contribution is 2.33. The van der Waals surface area contributed by atoms with Gasteiger partial charge in [0.25, 0.3) is 5.69 Å². The van der Waals surface area contributed by atoms with E-state index in [1.807, 2.05) is 36.4 Å². The minimum Gasteiger partial charge on any atom is -0.366 e. The van der Waals surface area contributed by atoms with E-state index < -0.39 is 0 Å². The van der Waals surface area contributed by atoms with Crippen LogP contribution in [0.25, 0.3) is 33.1 Å². The third kappa shape index (κ3) is 3.55. The average Bonchev–Trinajstić information content (AvgIpc) is 3.22. The van der Waals surface area contributed by atoms with E-state index >= 15 is 0 Å². The van der Waals surface area contributed by atoms with Crippen LogP contribution in [0.1, 0.15) is 29.8 Å². The Morgan fingerprint density at radius 1 is 1.00 bits per heavy atom. The number of aromatic nitrogens is 1. The Kier molecular flexibility index (Phi) is 4.93. The first-order chi connectivity index (χ1) is 14.7. The number of benzene rings is 3. The molecule has 1 aliphatic rings. The molecule has 0 radical (unpaired) electrons. The maximum atomic E-state index is 11.7. The van der Waals surface area contributed by atoms with Gasteiger partial charge < -0.3 is 4.90 Å². The second-order valence-corrected chi connectivity index (χ2v) is 8.63. The number of anilines is 1. The van der Waals surface area contributed by atoms with Crippen LogP contribution in [0.5, 0.6) is 0 Å². The predicted molar refractivity (Wildman–Crippen MR) is 125 cm³/mol. The lowest BCUT2D eigenvalue weighted by Gasteiger charge is -2.28. The molecule has 1 saturated heterocycles. The first-order valence-electron chi connectivity index (χ1n) is 10.2. The van der Waals surface area contributed by atoms with E-state index in [0.29, 0.717) is 0 Å². The van der Waals surface area contributed by atoms with Gasteiger partial charge in [-0.2, -0.15) is 0 Å².